The highest BCUT2D eigenvalue weighted by atomic mass is 35.5. The molecule has 74 valence electrons. The third-order valence-corrected chi connectivity index (χ3v) is 2.02. The van der Waals surface area contributed by atoms with Gasteiger partial charge in [0.2, 0.25) is 0 Å². The molecule has 7 heteroatoms. The molecular weight excluding hydrogens is 240 g/mol. The van der Waals surface area contributed by atoms with Crippen LogP contribution in [0.5, 0.6) is 0 Å². The minimum absolute atomic E-state index is 0.323. The highest BCUT2D eigenvalue weighted by Crippen LogP contribution is 2.34. The molecule has 0 bridgehead atoms. The molecule has 0 aliphatic carbocycles. The Morgan fingerprint density at radius 2 is 1.93 bits per heavy atom. The second-order valence-electron chi connectivity index (χ2n) is 2.27. The van der Waals surface area contributed by atoms with E-state index in [1.807, 2.05) is 0 Å². The summed E-state index contributed by atoms with van der Waals surface area (Å²) < 4.78 is 36.8. The topological polar surface area (TPSA) is 36.7 Å². The molecule has 1 aromatic heterocycles. The Morgan fingerprint density at radius 1 is 1.36 bits per heavy atom. The van der Waals surface area contributed by atoms with Gasteiger partial charge in [-0.1, -0.05) is 23.2 Å². The van der Waals surface area contributed by atoms with Crippen LogP contribution in [0.1, 0.15) is 11.3 Å². The van der Waals surface area contributed by atoms with Crippen molar-refractivity contribution in [2.75, 3.05) is 0 Å². The van der Waals surface area contributed by atoms with Crippen molar-refractivity contribution < 1.29 is 13.2 Å². The average molecular weight is 241 g/mol. The molecule has 0 unspecified atom stereocenters. The first-order chi connectivity index (χ1) is 6.36. The first kappa shape index (κ1) is 11.1. The Balaban J connectivity index is 3.45. The lowest BCUT2D eigenvalue weighted by molar-refractivity contribution is -0.138. The van der Waals surface area contributed by atoms with Gasteiger partial charge in [0.15, 0.2) is 5.69 Å². The standard InChI is InChI=1S/C7HCl2F3N2/c8-4-1-3(7(10,11)12)5(2-13)14-6(4)9/h1H. The van der Waals surface area contributed by atoms with E-state index >= 15 is 0 Å². The largest absolute Gasteiger partial charge is 0.419 e. The van der Waals surface area contributed by atoms with Crippen LogP contribution in [0, 0.1) is 11.3 Å². The number of rotatable bonds is 0. The quantitative estimate of drug-likeness (QED) is 0.653. The first-order valence-corrected chi connectivity index (χ1v) is 3.95. The van der Waals surface area contributed by atoms with E-state index in [1.54, 1.807) is 0 Å². The van der Waals surface area contributed by atoms with Crippen LogP contribution in [0.2, 0.25) is 10.2 Å². The second-order valence-corrected chi connectivity index (χ2v) is 3.03. The van der Waals surface area contributed by atoms with Crippen molar-refractivity contribution in [1.82, 2.24) is 4.98 Å². The van der Waals surface area contributed by atoms with E-state index in [2.05, 4.69) is 4.98 Å². The molecule has 0 N–H and O–H groups in total. The summed E-state index contributed by atoms with van der Waals surface area (Å²) in [4.78, 5) is 3.21. The number of nitriles is 1. The summed E-state index contributed by atoms with van der Waals surface area (Å²) in [6.07, 6.45) is -4.66. The number of pyridine rings is 1. The molecule has 0 saturated heterocycles. The number of halogens is 5. The van der Waals surface area contributed by atoms with Crippen LogP contribution in [0.25, 0.3) is 0 Å². The minimum Gasteiger partial charge on any atom is -0.223 e. The fourth-order valence-electron chi connectivity index (χ4n) is 0.768. The van der Waals surface area contributed by atoms with Gasteiger partial charge in [-0.2, -0.15) is 18.4 Å². The van der Waals surface area contributed by atoms with Gasteiger partial charge < -0.3 is 0 Å². The molecule has 0 fully saturated rings. The second kappa shape index (κ2) is 3.64. The summed E-state index contributed by atoms with van der Waals surface area (Å²) in [5.41, 5.74) is -1.97. The Labute approximate surface area is 86.9 Å². The van der Waals surface area contributed by atoms with Crippen LogP contribution < -0.4 is 0 Å². The zero-order valence-electron chi connectivity index (χ0n) is 6.36. The van der Waals surface area contributed by atoms with E-state index in [0.29, 0.717) is 6.07 Å². The summed E-state index contributed by atoms with van der Waals surface area (Å²) >= 11 is 10.7. The Bertz CT molecular complexity index is 409. The van der Waals surface area contributed by atoms with Crippen molar-refractivity contribution in [1.29, 1.82) is 5.26 Å². The van der Waals surface area contributed by atoms with Crippen molar-refractivity contribution in [3.63, 3.8) is 0 Å². The zero-order valence-corrected chi connectivity index (χ0v) is 7.87. The predicted octanol–water partition coefficient (Wildman–Crippen LogP) is 3.28. The van der Waals surface area contributed by atoms with Crippen molar-refractivity contribution in [3.8, 4) is 6.07 Å². The molecule has 0 atom stereocenters. The highest BCUT2D eigenvalue weighted by Gasteiger charge is 2.35. The Hall–Kier alpha value is -0.990. The number of hydrogen-bond acceptors (Lipinski definition) is 2. The SMILES string of the molecule is N#Cc1nc(Cl)c(Cl)cc1C(F)(F)F. The minimum atomic E-state index is -4.66. The third kappa shape index (κ3) is 2.08. The fourth-order valence-corrected chi connectivity index (χ4v) is 1.06. The van der Waals surface area contributed by atoms with Crippen LogP contribution in [0.3, 0.4) is 0 Å². The molecule has 0 spiro atoms. The van der Waals surface area contributed by atoms with Gasteiger partial charge in [-0.15, -0.1) is 0 Å². The molecule has 0 radical (unpaired) electrons. The Morgan fingerprint density at radius 3 is 2.36 bits per heavy atom. The van der Waals surface area contributed by atoms with Gasteiger partial charge >= 0.3 is 6.18 Å². The van der Waals surface area contributed by atoms with E-state index in [9.17, 15) is 13.2 Å². The van der Waals surface area contributed by atoms with Gasteiger partial charge in [-0.05, 0) is 6.07 Å². The van der Waals surface area contributed by atoms with E-state index < -0.39 is 17.4 Å². The van der Waals surface area contributed by atoms with Crippen LogP contribution in [0.15, 0.2) is 6.07 Å². The van der Waals surface area contributed by atoms with Crippen molar-refractivity contribution in [2.45, 2.75) is 6.18 Å². The monoisotopic (exact) mass is 240 g/mol. The number of aromatic nitrogens is 1. The first-order valence-electron chi connectivity index (χ1n) is 3.19. The summed E-state index contributed by atoms with van der Waals surface area (Å²) in [5.74, 6) is 0. The van der Waals surface area contributed by atoms with Crippen molar-refractivity contribution in [3.05, 3.63) is 27.5 Å². The molecule has 1 rings (SSSR count). The Kier molecular flexibility index (Phi) is 2.88. The molecule has 0 amide bonds. The number of alkyl halides is 3. The normalized spacial score (nSPS) is 11.1. The zero-order chi connectivity index (χ0) is 10.9. The van der Waals surface area contributed by atoms with Crippen molar-refractivity contribution in [2.24, 2.45) is 0 Å². The van der Waals surface area contributed by atoms with Gasteiger partial charge in [0, 0.05) is 0 Å². The molecule has 14 heavy (non-hydrogen) atoms. The van der Waals surface area contributed by atoms with Gasteiger partial charge in [0.05, 0.1) is 10.6 Å². The van der Waals surface area contributed by atoms with E-state index in [1.165, 1.54) is 6.07 Å². The molecular formula is C7HCl2F3N2. The van der Waals surface area contributed by atoms with Gasteiger partial charge in [-0.3, -0.25) is 0 Å². The number of hydrogen-bond donors (Lipinski definition) is 0. The molecule has 0 aromatic carbocycles. The smallest absolute Gasteiger partial charge is 0.223 e. The summed E-state index contributed by atoms with van der Waals surface area (Å²) in [5, 5.41) is 7.72. The molecule has 1 aromatic rings. The fraction of sp³-hybridized carbons (Fsp3) is 0.143. The van der Waals surface area contributed by atoms with Gasteiger partial charge in [-0.25, -0.2) is 4.98 Å². The van der Waals surface area contributed by atoms with Crippen molar-refractivity contribution >= 4 is 23.2 Å². The molecule has 1 heterocycles. The maximum Gasteiger partial charge on any atom is 0.419 e. The van der Waals surface area contributed by atoms with Crippen LogP contribution >= 0.6 is 23.2 Å². The molecule has 0 saturated carbocycles. The molecule has 0 aliphatic rings. The van der Waals surface area contributed by atoms with E-state index in [-0.39, 0.29) is 10.2 Å². The lowest BCUT2D eigenvalue weighted by Crippen LogP contribution is -2.09. The predicted molar refractivity (Wildman–Crippen MR) is 44.0 cm³/mol. The lowest BCUT2D eigenvalue weighted by Gasteiger charge is -2.08. The van der Waals surface area contributed by atoms with Crippen LogP contribution in [0.4, 0.5) is 13.2 Å². The van der Waals surface area contributed by atoms with Gasteiger partial charge in [0.1, 0.15) is 11.2 Å². The van der Waals surface area contributed by atoms with E-state index in [4.69, 9.17) is 28.5 Å². The maximum absolute atomic E-state index is 12.3. The third-order valence-electron chi connectivity index (χ3n) is 1.34. The lowest BCUT2D eigenvalue weighted by atomic mass is 10.2. The van der Waals surface area contributed by atoms with Gasteiger partial charge in [0.25, 0.3) is 0 Å². The summed E-state index contributed by atoms with van der Waals surface area (Å²) in [6.45, 7) is 0. The summed E-state index contributed by atoms with van der Waals surface area (Å²) in [6, 6.07) is 1.87. The number of nitrogens with zero attached hydrogens (tertiary/aromatic N) is 2. The average Bonchev–Trinajstić information content (AvgIpc) is 2.07. The summed E-state index contributed by atoms with van der Waals surface area (Å²) in [7, 11) is 0. The van der Waals surface area contributed by atoms with Crippen LogP contribution in [-0.2, 0) is 6.18 Å². The highest BCUT2D eigenvalue weighted by molar-refractivity contribution is 6.41. The van der Waals surface area contributed by atoms with E-state index in [0.717, 1.165) is 0 Å². The van der Waals surface area contributed by atoms with Crippen LogP contribution in [-0.4, -0.2) is 4.98 Å². The molecule has 0 aliphatic heterocycles. The maximum atomic E-state index is 12.3. The molecule has 2 nitrogen and oxygen atoms in total.